The van der Waals surface area contributed by atoms with Gasteiger partial charge in [-0.3, -0.25) is 0 Å². The summed E-state index contributed by atoms with van der Waals surface area (Å²) >= 11 is 0. The SMILES string of the molecule is O=C(Nc1ccccc1C(F)(F)F)N[C@@H]1CCN2CCC[C@@H]2C1. The molecule has 0 aromatic heterocycles. The minimum atomic E-state index is -4.49. The Morgan fingerprint density at radius 1 is 1.17 bits per heavy atom. The van der Waals surface area contributed by atoms with Crippen molar-refractivity contribution in [3.63, 3.8) is 0 Å². The second-order valence-corrected chi connectivity index (χ2v) is 6.20. The number of urea groups is 1. The van der Waals surface area contributed by atoms with E-state index in [1.807, 2.05) is 0 Å². The van der Waals surface area contributed by atoms with Crippen molar-refractivity contribution in [1.29, 1.82) is 0 Å². The van der Waals surface area contributed by atoms with Crippen molar-refractivity contribution in [3.8, 4) is 0 Å². The molecule has 0 unspecified atom stereocenters. The van der Waals surface area contributed by atoms with E-state index in [0.29, 0.717) is 6.04 Å². The van der Waals surface area contributed by atoms with Gasteiger partial charge in [0.25, 0.3) is 0 Å². The molecule has 2 saturated heterocycles. The molecule has 1 aromatic carbocycles. The van der Waals surface area contributed by atoms with Gasteiger partial charge in [-0.25, -0.2) is 4.79 Å². The molecule has 2 aliphatic heterocycles. The number of piperidine rings is 1. The predicted molar refractivity (Wildman–Crippen MR) is 81.2 cm³/mol. The van der Waals surface area contributed by atoms with Gasteiger partial charge in [-0.15, -0.1) is 0 Å². The fourth-order valence-electron chi connectivity index (χ4n) is 3.54. The molecule has 2 N–H and O–H groups in total. The average Bonchev–Trinajstić information content (AvgIpc) is 2.94. The Hall–Kier alpha value is -1.76. The lowest BCUT2D eigenvalue weighted by molar-refractivity contribution is -0.136. The third-order valence-corrected chi connectivity index (χ3v) is 4.64. The van der Waals surface area contributed by atoms with E-state index in [0.717, 1.165) is 38.4 Å². The van der Waals surface area contributed by atoms with Gasteiger partial charge in [0.2, 0.25) is 0 Å². The van der Waals surface area contributed by atoms with E-state index in [2.05, 4.69) is 15.5 Å². The van der Waals surface area contributed by atoms with Crippen molar-refractivity contribution in [2.75, 3.05) is 18.4 Å². The number of nitrogens with zero attached hydrogens (tertiary/aromatic N) is 1. The minimum absolute atomic E-state index is 0.0207. The molecule has 0 aliphatic carbocycles. The highest BCUT2D eigenvalue weighted by Crippen LogP contribution is 2.34. The number of nitrogens with one attached hydrogen (secondary N) is 2. The molecule has 7 heteroatoms. The van der Waals surface area contributed by atoms with Crippen LogP contribution in [-0.4, -0.2) is 36.1 Å². The summed E-state index contributed by atoms with van der Waals surface area (Å²) in [6, 6.07) is 4.96. The number of fused-ring (bicyclic) bond motifs is 1. The number of halogens is 3. The third-order valence-electron chi connectivity index (χ3n) is 4.64. The maximum absolute atomic E-state index is 12.9. The molecule has 1 aromatic rings. The van der Waals surface area contributed by atoms with Crippen LogP contribution < -0.4 is 10.6 Å². The zero-order valence-corrected chi connectivity index (χ0v) is 12.7. The van der Waals surface area contributed by atoms with Crippen LogP contribution in [0.15, 0.2) is 24.3 Å². The minimum Gasteiger partial charge on any atom is -0.335 e. The van der Waals surface area contributed by atoms with Gasteiger partial charge in [0.15, 0.2) is 0 Å². The van der Waals surface area contributed by atoms with Crippen molar-refractivity contribution in [2.24, 2.45) is 0 Å². The van der Waals surface area contributed by atoms with E-state index in [1.54, 1.807) is 0 Å². The van der Waals surface area contributed by atoms with E-state index >= 15 is 0 Å². The average molecular weight is 327 g/mol. The van der Waals surface area contributed by atoms with Crippen LogP contribution in [0.4, 0.5) is 23.7 Å². The molecular weight excluding hydrogens is 307 g/mol. The molecule has 0 radical (unpaired) electrons. The first-order valence-electron chi connectivity index (χ1n) is 7.91. The van der Waals surface area contributed by atoms with Gasteiger partial charge < -0.3 is 15.5 Å². The first-order valence-corrected chi connectivity index (χ1v) is 7.91. The summed E-state index contributed by atoms with van der Waals surface area (Å²) in [4.78, 5) is 14.5. The predicted octanol–water partition coefficient (Wildman–Crippen LogP) is 3.45. The fourth-order valence-corrected chi connectivity index (χ4v) is 3.54. The zero-order valence-electron chi connectivity index (χ0n) is 12.7. The quantitative estimate of drug-likeness (QED) is 0.874. The Kier molecular flexibility index (Phi) is 4.48. The number of para-hydroxylation sites is 1. The molecule has 126 valence electrons. The number of amides is 2. The summed E-state index contributed by atoms with van der Waals surface area (Å²) in [5, 5.41) is 5.15. The van der Waals surface area contributed by atoms with Gasteiger partial charge in [-0.2, -0.15) is 13.2 Å². The summed E-state index contributed by atoms with van der Waals surface area (Å²) in [6.07, 6.45) is -0.461. The van der Waals surface area contributed by atoms with Gasteiger partial charge in [0.05, 0.1) is 11.3 Å². The van der Waals surface area contributed by atoms with Crippen LogP contribution in [0.5, 0.6) is 0 Å². The Labute approximate surface area is 133 Å². The second kappa shape index (κ2) is 6.39. The summed E-state index contributed by atoms with van der Waals surface area (Å²) in [5.74, 6) is 0. The van der Waals surface area contributed by atoms with Crippen LogP contribution in [0, 0.1) is 0 Å². The smallest absolute Gasteiger partial charge is 0.335 e. The molecule has 2 aliphatic rings. The molecule has 0 bridgehead atoms. The monoisotopic (exact) mass is 327 g/mol. The van der Waals surface area contributed by atoms with Crippen molar-refractivity contribution < 1.29 is 18.0 Å². The van der Waals surface area contributed by atoms with Crippen LogP contribution >= 0.6 is 0 Å². The summed E-state index contributed by atoms with van der Waals surface area (Å²) in [6.45, 7) is 2.05. The number of hydrogen-bond acceptors (Lipinski definition) is 2. The summed E-state index contributed by atoms with van der Waals surface area (Å²) in [5.41, 5.74) is -1.04. The maximum atomic E-state index is 12.9. The van der Waals surface area contributed by atoms with E-state index < -0.39 is 17.8 Å². The lowest BCUT2D eigenvalue weighted by Crippen LogP contribution is -2.48. The Bertz CT molecular complexity index is 576. The van der Waals surface area contributed by atoms with Crippen molar-refractivity contribution in [3.05, 3.63) is 29.8 Å². The van der Waals surface area contributed by atoms with Crippen LogP contribution in [0.2, 0.25) is 0 Å². The van der Waals surface area contributed by atoms with Crippen molar-refractivity contribution in [2.45, 2.75) is 43.9 Å². The first kappa shape index (κ1) is 16.1. The maximum Gasteiger partial charge on any atom is 0.418 e. The van der Waals surface area contributed by atoms with E-state index in [9.17, 15) is 18.0 Å². The molecule has 3 rings (SSSR count). The molecule has 23 heavy (non-hydrogen) atoms. The molecule has 4 nitrogen and oxygen atoms in total. The van der Waals surface area contributed by atoms with E-state index in [1.165, 1.54) is 24.6 Å². The highest BCUT2D eigenvalue weighted by molar-refractivity contribution is 5.90. The number of anilines is 1. The van der Waals surface area contributed by atoms with E-state index in [-0.39, 0.29) is 11.7 Å². The van der Waals surface area contributed by atoms with Crippen LogP contribution in [-0.2, 0) is 6.18 Å². The number of carbonyl (C=O) groups excluding carboxylic acids is 1. The van der Waals surface area contributed by atoms with Gasteiger partial charge in [-0.1, -0.05) is 12.1 Å². The highest BCUT2D eigenvalue weighted by atomic mass is 19.4. The Morgan fingerprint density at radius 3 is 2.74 bits per heavy atom. The lowest BCUT2D eigenvalue weighted by atomic mass is 9.98. The number of hydrogen-bond donors (Lipinski definition) is 2. The van der Waals surface area contributed by atoms with Gasteiger partial charge >= 0.3 is 12.2 Å². The highest BCUT2D eigenvalue weighted by Gasteiger charge is 2.34. The molecule has 2 fully saturated rings. The van der Waals surface area contributed by atoms with Gasteiger partial charge in [-0.05, 0) is 44.4 Å². The van der Waals surface area contributed by atoms with Gasteiger partial charge in [0.1, 0.15) is 0 Å². The van der Waals surface area contributed by atoms with Crippen LogP contribution in [0.3, 0.4) is 0 Å². The standard InChI is InChI=1S/C16H20F3N3O/c17-16(18,19)13-5-1-2-6-14(13)21-15(23)20-11-7-9-22-8-3-4-12(22)10-11/h1-2,5-6,11-12H,3-4,7-10H2,(H2,20,21,23)/t11-,12-/m1/s1. The molecular formula is C16H20F3N3O. The summed E-state index contributed by atoms with van der Waals surface area (Å²) in [7, 11) is 0. The molecule has 0 saturated carbocycles. The Morgan fingerprint density at radius 2 is 1.96 bits per heavy atom. The van der Waals surface area contributed by atoms with E-state index in [4.69, 9.17) is 0 Å². The number of alkyl halides is 3. The van der Waals surface area contributed by atoms with Crippen LogP contribution in [0.25, 0.3) is 0 Å². The lowest BCUT2D eigenvalue weighted by Gasteiger charge is -2.35. The topological polar surface area (TPSA) is 44.4 Å². The second-order valence-electron chi connectivity index (χ2n) is 6.20. The normalized spacial score (nSPS) is 25.0. The third kappa shape index (κ3) is 3.77. The number of carbonyl (C=O) groups is 1. The zero-order chi connectivity index (χ0) is 16.4. The largest absolute Gasteiger partial charge is 0.418 e. The first-order chi connectivity index (χ1) is 10.9. The Balaban J connectivity index is 1.60. The molecule has 2 atom stereocenters. The van der Waals surface area contributed by atoms with Gasteiger partial charge in [0, 0.05) is 18.6 Å². The molecule has 2 amide bonds. The fraction of sp³-hybridized carbons (Fsp3) is 0.562. The number of rotatable bonds is 2. The summed E-state index contributed by atoms with van der Waals surface area (Å²) < 4.78 is 38.8. The van der Waals surface area contributed by atoms with Crippen LogP contribution in [0.1, 0.15) is 31.2 Å². The van der Waals surface area contributed by atoms with Crippen molar-refractivity contribution in [1.82, 2.24) is 10.2 Å². The molecule has 2 heterocycles. The van der Waals surface area contributed by atoms with Crippen molar-refractivity contribution >= 4 is 11.7 Å². The number of benzene rings is 1. The molecule has 0 spiro atoms.